The number of rotatable bonds is 7. The van der Waals surface area contributed by atoms with Crippen LogP contribution in [-0.2, 0) is 20.8 Å². The molecule has 1 aromatic rings. The van der Waals surface area contributed by atoms with Crippen LogP contribution in [-0.4, -0.2) is 106 Å². The van der Waals surface area contributed by atoms with E-state index in [0.29, 0.717) is 4.90 Å². The molecule has 5 N–H and O–H groups in total. The molecule has 2 aliphatic heterocycles. The summed E-state index contributed by atoms with van der Waals surface area (Å²) >= 11 is 0. The molecule has 1 fully saturated rings. The van der Waals surface area contributed by atoms with Gasteiger partial charge in [0.25, 0.3) is 6.43 Å². The number of urea groups is 1. The van der Waals surface area contributed by atoms with Crippen molar-refractivity contribution in [3.8, 4) is 5.75 Å². The van der Waals surface area contributed by atoms with E-state index in [2.05, 4.69) is 5.32 Å². The first-order chi connectivity index (χ1) is 17.4. The molecule has 3 atom stereocenters. The van der Waals surface area contributed by atoms with E-state index in [1.54, 1.807) is 6.92 Å². The van der Waals surface area contributed by atoms with Crippen LogP contribution in [0.5, 0.6) is 5.75 Å². The minimum Gasteiger partial charge on any atom is -0.534 e. The number of aromatic carboxylic acids is 1. The van der Waals surface area contributed by atoms with Crippen molar-refractivity contribution in [2.24, 2.45) is 0 Å². The summed E-state index contributed by atoms with van der Waals surface area (Å²) in [7, 11) is -1.96. The Bertz CT molecular complexity index is 1120. The molecule has 3 rings (SSSR count). The average Bonchev–Trinajstić information content (AvgIpc) is 2.83. The van der Waals surface area contributed by atoms with E-state index >= 15 is 0 Å². The molecule has 1 unspecified atom stereocenters. The Morgan fingerprint density at radius 3 is 2.49 bits per heavy atom. The number of imide groups is 1. The molecule has 1 saturated heterocycles. The molecule has 37 heavy (non-hydrogen) atoms. The van der Waals surface area contributed by atoms with Gasteiger partial charge >= 0.3 is 30.9 Å². The number of hydrogen-bond acceptors (Lipinski definition) is 8. The number of amides is 5. The first-order valence-electron chi connectivity index (χ1n) is 10.9. The highest BCUT2D eigenvalue weighted by molar-refractivity contribution is 6.47. The lowest BCUT2D eigenvalue weighted by Crippen LogP contribution is -2.64. The minimum absolute atomic E-state index is 0.0350. The SMILES string of the molecule is CCN1CCN(C(=O)N[C@H](C(=O)NC2Cc3ccc(F)c(C(=O)O)c3OB2O)[C@H](O)C(F)F)C(=O)C1=O. The summed E-state index contributed by atoms with van der Waals surface area (Å²) in [5.41, 5.74) is -0.802. The Morgan fingerprint density at radius 2 is 1.89 bits per heavy atom. The fraction of sp³-hybridized carbons (Fsp3) is 0.450. The standard InChI is InChI=1S/C20H22BF3N4O9/c1-2-27-5-6-28(18(32)17(27)31)20(35)26-12(13(29)15(23)24)16(30)25-10-7-8-3-4-9(22)11(19(33)34)14(8)37-21(10)36/h3-4,10,12-13,15,29,36H,2,5-7H2,1H3,(H,25,30)(H,26,35)(H,33,34)/t10?,12-,13-/m0/s1. The maximum absolute atomic E-state index is 13.9. The molecule has 0 aliphatic carbocycles. The zero-order chi connectivity index (χ0) is 27.6. The molecule has 200 valence electrons. The second kappa shape index (κ2) is 11.0. The van der Waals surface area contributed by atoms with Crippen molar-refractivity contribution in [3.63, 3.8) is 0 Å². The lowest BCUT2D eigenvalue weighted by atomic mass is 9.72. The van der Waals surface area contributed by atoms with Crippen LogP contribution >= 0.6 is 0 Å². The summed E-state index contributed by atoms with van der Waals surface area (Å²) in [6, 6.07) is -1.77. The number of aliphatic hydroxyl groups is 1. The summed E-state index contributed by atoms with van der Waals surface area (Å²) in [5, 5.41) is 33.2. The smallest absolute Gasteiger partial charge is 0.534 e. The van der Waals surface area contributed by atoms with Gasteiger partial charge in [-0.25, -0.2) is 22.8 Å². The third-order valence-electron chi connectivity index (χ3n) is 5.85. The number of halogens is 3. The molecule has 0 spiro atoms. The van der Waals surface area contributed by atoms with Gasteiger partial charge in [-0.15, -0.1) is 0 Å². The lowest BCUT2D eigenvalue weighted by Gasteiger charge is -2.34. The van der Waals surface area contributed by atoms with Gasteiger partial charge < -0.3 is 35.4 Å². The number of aliphatic hydroxyl groups excluding tert-OH is 1. The van der Waals surface area contributed by atoms with E-state index in [0.717, 1.165) is 17.0 Å². The normalized spacial score (nSPS) is 19.2. The van der Waals surface area contributed by atoms with Gasteiger partial charge in [0.2, 0.25) is 5.91 Å². The first-order valence-corrected chi connectivity index (χ1v) is 10.9. The highest BCUT2D eigenvalue weighted by Gasteiger charge is 2.43. The molecule has 13 nitrogen and oxygen atoms in total. The van der Waals surface area contributed by atoms with Crippen LogP contribution in [0.1, 0.15) is 22.8 Å². The topological polar surface area (TPSA) is 186 Å². The third kappa shape index (κ3) is 5.61. The maximum Gasteiger partial charge on any atom is 0.547 e. The van der Waals surface area contributed by atoms with Crippen molar-refractivity contribution in [1.82, 2.24) is 20.4 Å². The fourth-order valence-corrected chi connectivity index (χ4v) is 3.86. The molecule has 0 saturated carbocycles. The van der Waals surface area contributed by atoms with Gasteiger partial charge in [0.05, 0.1) is 5.94 Å². The largest absolute Gasteiger partial charge is 0.547 e. The van der Waals surface area contributed by atoms with E-state index in [1.807, 2.05) is 5.32 Å². The molecule has 2 heterocycles. The fourth-order valence-electron chi connectivity index (χ4n) is 3.86. The Morgan fingerprint density at radius 1 is 1.22 bits per heavy atom. The number of alkyl halides is 2. The van der Waals surface area contributed by atoms with E-state index in [4.69, 9.17) is 4.65 Å². The average molecular weight is 530 g/mol. The minimum atomic E-state index is -3.53. The van der Waals surface area contributed by atoms with Gasteiger partial charge in [0, 0.05) is 19.6 Å². The van der Waals surface area contributed by atoms with Crippen LogP contribution in [0.25, 0.3) is 0 Å². The zero-order valence-electron chi connectivity index (χ0n) is 19.2. The van der Waals surface area contributed by atoms with Crippen LogP contribution < -0.4 is 15.3 Å². The number of benzene rings is 1. The Labute approximate surface area is 207 Å². The highest BCUT2D eigenvalue weighted by atomic mass is 19.3. The van der Waals surface area contributed by atoms with Crippen LogP contribution in [0.4, 0.5) is 18.0 Å². The molecule has 1 aromatic carbocycles. The summed E-state index contributed by atoms with van der Waals surface area (Å²) < 4.78 is 45.5. The van der Waals surface area contributed by atoms with Crippen molar-refractivity contribution >= 4 is 36.8 Å². The Balaban J connectivity index is 1.77. The van der Waals surface area contributed by atoms with Gasteiger partial charge in [-0.05, 0) is 25.0 Å². The molecule has 2 aliphatic rings. The molecule has 5 amide bonds. The van der Waals surface area contributed by atoms with E-state index < -0.39 is 78.5 Å². The number of carbonyl (C=O) groups excluding carboxylic acids is 4. The molecule has 0 bridgehead atoms. The van der Waals surface area contributed by atoms with Crippen molar-refractivity contribution < 1.29 is 57.0 Å². The molecular formula is C20H22BF3N4O9. The number of nitrogens with zero attached hydrogens (tertiary/aromatic N) is 2. The monoisotopic (exact) mass is 530 g/mol. The van der Waals surface area contributed by atoms with Gasteiger partial charge in [-0.2, -0.15) is 0 Å². The molecular weight excluding hydrogens is 508 g/mol. The number of fused-ring (bicyclic) bond motifs is 1. The van der Waals surface area contributed by atoms with Crippen LogP contribution in [0, 0.1) is 5.82 Å². The number of carboxylic acids is 1. The molecule has 0 radical (unpaired) electrons. The predicted octanol–water partition coefficient (Wildman–Crippen LogP) is -1.64. The van der Waals surface area contributed by atoms with Crippen LogP contribution in [0.3, 0.4) is 0 Å². The molecule has 17 heteroatoms. The second-order valence-electron chi connectivity index (χ2n) is 8.14. The number of nitrogens with one attached hydrogen (secondary N) is 2. The van der Waals surface area contributed by atoms with Crippen molar-refractivity contribution in [2.75, 3.05) is 19.6 Å². The number of carbonyl (C=O) groups is 5. The van der Waals surface area contributed by atoms with Crippen molar-refractivity contribution in [3.05, 3.63) is 29.1 Å². The first kappa shape index (κ1) is 27.7. The number of likely N-dealkylation sites (N-methyl/N-ethyl adjacent to an activating group) is 1. The number of carboxylic acid groups (broad SMARTS) is 1. The highest BCUT2D eigenvalue weighted by Crippen LogP contribution is 2.32. The van der Waals surface area contributed by atoms with Gasteiger partial charge in [0.15, 0.2) is 0 Å². The van der Waals surface area contributed by atoms with Gasteiger partial charge in [-0.1, -0.05) is 6.07 Å². The Hall–Kier alpha value is -3.86. The van der Waals surface area contributed by atoms with Crippen molar-refractivity contribution in [1.29, 1.82) is 0 Å². The second-order valence-corrected chi connectivity index (χ2v) is 8.14. The predicted molar refractivity (Wildman–Crippen MR) is 116 cm³/mol. The van der Waals surface area contributed by atoms with Crippen LogP contribution in [0.15, 0.2) is 12.1 Å². The van der Waals surface area contributed by atoms with Crippen molar-refractivity contribution in [2.45, 2.75) is 37.9 Å². The number of hydrogen-bond donors (Lipinski definition) is 5. The van der Waals surface area contributed by atoms with Gasteiger partial charge in [0.1, 0.15) is 29.3 Å². The number of piperazine rings is 1. The maximum atomic E-state index is 13.9. The summed E-state index contributed by atoms with van der Waals surface area (Å²) in [5.74, 6) is -8.40. The third-order valence-corrected chi connectivity index (χ3v) is 5.85. The quantitative estimate of drug-likeness (QED) is 0.204. The molecule has 0 aromatic heterocycles. The zero-order valence-corrected chi connectivity index (χ0v) is 19.2. The van der Waals surface area contributed by atoms with E-state index in [1.165, 1.54) is 0 Å². The van der Waals surface area contributed by atoms with E-state index in [9.17, 15) is 52.4 Å². The lowest BCUT2D eigenvalue weighted by molar-refractivity contribution is -0.153. The van der Waals surface area contributed by atoms with Gasteiger partial charge in [-0.3, -0.25) is 19.3 Å². The Kier molecular flexibility index (Phi) is 8.27. The van der Waals surface area contributed by atoms with E-state index in [-0.39, 0.29) is 31.6 Å². The van der Waals surface area contributed by atoms with Crippen LogP contribution in [0.2, 0.25) is 0 Å². The summed E-state index contributed by atoms with van der Waals surface area (Å²) in [6.07, 6.45) is -6.62. The summed E-state index contributed by atoms with van der Waals surface area (Å²) in [4.78, 5) is 62.5. The summed E-state index contributed by atoms with van der Waals surface area (Å²) in [6.45, 7) is 1.45.